The second-order valence-corrected chi connectivity index (χ2v) is 5.29. The first-order valence-electron chi connectivity index (χ1n) is 6.93. The van der Waals surface area contributed by atoms with Gasteiger partial charge in [-0.05, 0) is 44.6 Å². The van der Waals surface area contributed by atoms with E-state index in [2.05, 4.69) is 51.1 Å². The summed E-state index contributed by atoms with van der Waals surface area (Å²) in [7, 11) is 0. The number of ether oxygens (including phenoxy) is 1. The average molecular weight is 246 g/mol. The molecule has 0 heterocycles. The smallest absolute Gasteiger partial charge is 0.0716 e. The molecule has 1 heteroatoms. The molecule has 0 saturated heterocycles. The van der Waals surface area contributed by atoms with Gasteiger partial charge in [-0.15, -0.1) is 0 Å². The minimum atomic E-state index is 0.738. The summed E-state index contributed by atoms with van der Waals surface area (Å²) in [6, 6.07) is 10.4. The molecule has 0 aliphatic rings. The monoisotopic (exact) mass is 246 g/mol. The van der Waals surface area contributed by atoms with Gasteiger partial charge < -0.3 is 4.74 Å². The maximum Gasteiger partial charge on any atom is 0.0716 e. The van der Waals surface area contributed by atoms with Gasteiger partial charge in [0.15, 0.2) is 0 Å². The van der Waals surface area contributed by atoms with Crippen molar-refractivity contribution in [2.24, 2.45) is 5.92 Å². The fourth-order valence-corrected chi connectivity index (χ4v) is 1.85. The van der Waals surface area contributed by atoms with Crippen molar-refractivity contribution >= 4 is 0 Å². The number of allylic oxidation sites excluding steroid dienone is 2. The third-order valence-corrected chi connectivity index (χ3v) is 3.08. The van der Waals surface area contributed by atoms with Crippen LogP contribution >= 0.6 is 0 Å². The molecular formula is C17H26O. The van der Waals surface area contributed by atoms with Crippen molar-refractivity contribution in [3.05, 3.63) is 47.5 Å². The minimum Gasteiger partial charge on any atom is -0.377 e. The molecule has 0 fully saturated rings. The largest absolute Gasteiger partial charge is 0.377 e. The Morgan fingerprint density at radius 2 is 1.89 bits per heavy atom. The maximum atomic E-state index is 5.70. The minimum absolute atomic E-state index is 0.738. The number of hydrogen-bond donors (Lipinski definition) is 0. The first kappa shape index (κ1) is 15.0. The topological polar surface area (TPSA) is 9.23 Å². The summed E-state index contributed by atoms with van der Waals surface area (Å²) >= 11 is 0. The molecule has 1 atom stereocenters. The highest BCUT2D eigenvalue weighted by atomic mass is 16.5. The van der Waals surface area contributed by atoms with Crippen molar-refractivity contribution < 1.29 is 4.74 Å². The van der Waals surface area contributed by atoms with Crippen LogP contribution in [0, 0.1) is 5.92 Å². The van der Waals surface area contributed by atoms with E-state index in [1.165, 1.54) is 24.0 Å². The number of hydrogen-bond acceptors (Lipinski definition) is 1. The van der Waals surface area contributed by atoms with Crippen molar-refractivity contribution in [3.8, 4) is 0 Å². The Labute approximate surface area is 112 Å². The van der Waals surface area contributed by atoms with E-state index in [-0.39, 0.29) is 0 Å². The van der Waals surface area contributed by atoms with Gasteiger partial charge in [0.25, 0.3) is 0 Å². The third-order valence-electron chi connectivity index (χ3n) is 3.08. The van der Waals surface area contributed by atoms with Crippen molar-refractivity contribution in [1.29, 1.82) is 0 Å². The molecule has 0 saturated carbocycles. The Hall–Kier alpha value is -1.08. The lowest BCUT2D eigenvalue weighted by Crippen LogP contribution is -2.02. The summed E-state index contributed by atoms with van der Waals surface area (Å²) in [5, 5.41) is 0. The van der Waals surface area contributed by atoms with Crippen LogP contribution in [0.15, 0.2) is 42.0 Å². The predicted octanol–water partition coefficient (Wildman–Crippen LogP) is 4.98. The van der Waals surface area contributed by atoms with E-state index < -0.39 is 0 Å². The second kappa shape index (κ2) is 8.93. The molecule has 0 radical (unpaired) electrons. The summed E-state index contributed by atoms with van der Waals surface area (Å²) in [6.07, 6.45) is 5.94. The normalized spacial score (nSPS) is 12.2. The Bertz CT molecular complexity index is 336. The molecule has 1 rings (SSSR count). The molecule has 0 N–H and O–H groups in total. The molecule has 1 nitrogen and oxygen atoms in total. The first-order chi connectivity index (χ1) is 8.68. The average Bonchev–Trinajstić information content (AvgIpc) is 2.35. The van der Waals surface area contributed by atoms with E-state index in [1.54, 1.807) is 0 Å². The lowest BCUT2D eigenvalue weighted by atomic mass is 10.0. The van der Waals surface area contributed by atoms with Gasteiger partial charge >= 0.3 is 0 Å². The molecule has 0 aliphatic heterocycles. The molecule has 1 aromatic carbocycles. The van der Waals surface area contributed by atoms with Gasteiger partial charge in [0, 0.05) is 6.61 Å². The van der Waals surface area contributed by atoms with Gasteiger partial charge in [-0.2, -0.15) is 0 Å². The van der Waals surface area contributed by atoms with Crippen molar-refractivity contribution in [3.63, 3.8) is 0 Å². The van der Waals surface area contributed by atoms with Crippen molar-refractivity contribution in [2.45, 2.75) is 46.6 Å². The van der Waals surface area contributed by atoms with Crippen LogP contribution in [0.2, 0.25) is 0 Å². The lowest BCUT2D eigenvalue weighted by Gasteiger charge is -2.10. The third kappa shape index (κ3) is 7.29. The standard InChI is InChI=1S/C17H26O/c1-15(2)8-7-9-16(3)12-13-18-14-17-10-5-4-6-11-17/h4-6,8,10-11,16H,7,9,12-14H2,1-3H3/t16-/m1/s1. The maximum absolute atomic E-state index is 5.70. The molecule has 0 unspecified atom stereocenters. The molecule has 0 aliphatic carbocycles. The summed E-state index contributed by atoms with van der Waals surface area (Å²) in [4.78, 5) is 0. The Kier molecular flexibility index (Phi) is 7.43. The van der Waals surface area contributed by atoms with Crippen LogP contribution in [0.1, 0.15) is 45.6 Å². The fourth-order valence-electron chi connectivity index (χ4n) is 1.85. The van der Waals surface area contributed by atoms with E-state index in [0.717, 1.165) is 25.6 Å². The zero-order valence-electron chi connectivity index (χ0n) is 12.0. The predicted molar refractivity (Wildman–Crippen MR) is 78.5 cm³/mol. The Morgan fingerprint density at radius 1 is 1.17 bits per heavy atom. The van der Waals surface area contributed by atoms with E-state index in [4.69, 9.17) is 4.74 Å². The Morgan fingerprint density at radius 3 is 2.56 bits per heavy atom. The number of benzene rings is 1. The molecule has 18 heavy (non-hydrogen) atoms. The van der Waals surface area contributed by atoms with Gasteiger partial charge in [0.2, 0.25) is 0 Å². The van der Waals surface area contributed by atoms with Crippen LogP contribution in [-0.2, 0) is 11.3 Å². The fraction of sp³-hybridized carbons (Fsp3) is 0.529. The molecule has 0 spiro atoms. The first-order valence-corrected chi connectivity index (χ1v) is 6.93. The quantitative estimate of drug-likeness (QED) is 0.464. The molecular weight excluding hydrogens is 220 g/mol. The van der Waals surface area contributed by atoms with E-state index in [0.29, 0.717) is 0 Å². The van der Waals surface area contributed by atoms with Gasteiger partial charge in [-0.3, -0.25) is 0 Å². The highest BCUT2D eigenvalue weighted by Crippen LogP contribution is 2.12. The van der Waals surface area contributed by atoms with Crippen molar-refractivity contribution in [2.75, 3.05) is 6.61 Å². The molecule has 0 aromatic heterocycles. The summed E-state index contributed by atoms with van der Waals surface area (Å²) in [5.41, 5.74) is 2.68. The van der Waals surface area contributed by atoms with Crippen LogP contribution in [0.5, 0.6) is 0 Å². The van der Waals surface area contributed by atoms with Crippen molar-refractivity contribution in [1.82, 2.24) is 0 Å². The zero-order chi connectivity index (χ0) is 13.2. The summed E-state index contributed by atoms with van der Waals surface area (Å²) in [6.45, 7) is 8.23. The van der Waals surface area contributed by atoms with Gasteiger partial charge in [0.1, 0.15) is 0 Å². The van der Waals surface area contributed by atoms with Gasteiger partial charge in [0.05, 0.1) is 6.61 Å². The highest BCUT2D eigenvalue weighted by Gasteiger charge is 2.01. The van der Waals surface area contributed by atoms with Gasteiger partial charge in [-0.1, -0.05) is 48.9 Å². The summed E-state index contributed by atoms with van der Waals surface area (Å²) in [5.74, 6) is 0.747. The van der Waals surface area contributed by atoms with Crippen LogP contribution in [0.4, 0.5) is 0 Å². The molecule has 100 valence electrons. The SMILES string of the molecule is CC(C)=CCC[C@@H](C)CCOCc1ccccc1. The van der Waals surface area contributed by atoms with Crippen LogP contribution in [-0.4, -0.2) is 6.61 Å². The van der Waals surface area contributed by atoms with E-state index in [1.807, 2.05) is 6.07 Å². The van der Waals surface area contributed by atoms with Gasteiger partial charge in [-0.25, -0.2) is 0 Å². The second-order valence-electron chi connectivity index (χ2n) is 5.29. The molecule has 0 amide bonds. The highest BCUT2D eigenvalue weighted by molar-refractivity contribution is 5.13. The van der Waals surface area contributed by atoms with Crippen LogP contribution in [0.25, 0.3) is 0 Å². The zero-order valence-corrected chi connectivity index (χ0v) is 12.0. The van der Waals surface area contributed by atoms with E-state index in [9.17, 15) is 0 Å². The van der Waals surface area contributed by atoms with E-state index >= 15 is 0 Å². The molecule has 1 aromatic rings. The van der Waals surface area contributed by atoms with Crippen LogP contribution in [0.3, 0.4) is 0 Å². The van der Waals surface area contributed by atoms with Crippen LogP contribution < -0.4 is 0 Å². The lowest BCUT2D eigenvalue weighted by molar-refractivity contribution is 0.108. The summed E-state index contributed by atoms with van der Waals surface area (Å²) < 4.78 is 5.70. The number of rotatable bonds is 8. The Balaban J connectivity index is 2.05. The molecule has 0 bridgehead atoms.